The summed E-state index contributed by atoms with van der Waals surface area (Å²) in [5.41, 5.74) is 2.57. The molecule has 5 aromatic rings. The molecule has 0 saturated carbocycles. The quantitative estimate of drug-likeness (QED) is 0.254. The first-order valence-corrected chi connectivity index (χ1v) is 12.0. The zero-order chi connectivity index (χ0) is 27.4. The largest absolute Gasteiger partial charge is 0.466 e. The van der Waals surface area contributed by atoms with Gasteiger partial charge in [-0.2, -0.15) is 18.2 Å². The Kier molecular flexibility index (Phi) is 7.14. The lowest BCUT2D eigenvalue weighted by Crippen LogP contribution is -2.22. The molecular weight excluding hydrogens is 505 g/mol. The lowest BCUT2D eigenvalue weighted by Gasteiger charge is -2.18. The van der Waals surface area contributed by atoms with Crippen LogP contribution in [0, 0.1) is 0 Å². The van der Waals surface area contributed by atoms with E-state index in [4.69, 9.17) is 4.74 Å². The molecule has 0 saturated heterocycles. The van der Waals surface area contributed by atoms with Gasteiger partial charge in [0.25, 0.3) is 0 Å². The molecule has 0 unspecified atom stereocenters. The first-order chi connectivity index (χ1) is 18.8. The molecule has 0 spiro atoms. The lowest BCUT2D eigenvalue weighted by atomic mass is 9.90. The van der Waals surface area contributed by atoms with Gasteiger partial charge in [0.05, 0.1) is 24.3 Å². The average molecular weight is 529 g/mol. The maximum Gasteiger partial charge on any atom is 0.416 e. The summed E-state index contributed by atoms with van der Waals surface area (Å²) in [7, 11) is 1.41. The standard InChI is InChI=1S/C30H23F3N4O2/c1-39-29-35-27(22-12-14-23(15-13-22)30(31,32)33)37(36-29)25-18-16-24(17-19-25)34-28(38)26(20-8-4-2-5-9-20)21-10-6-3-7-11-21/h2-19,26H,1H3,(H,34,38). The van der Waals surface area contributed by atoms with Gasteiger partial charge in [-0.25, -0.2) is 4.68 Å². The SMILES string of the molecule is COc1nc(-c2ccc(C(F)(F)F)cc2)n(-c2ccc(NC(=O)C(c3ccccc3)c3ccccc3)cc2)n1. The topological polar surface area (TPSA) is 69.0 Å². The summed E-state index contributed by atoms with van der Waals surface area (Å²) < 4.78 is 45.7. The molecule has 0 bridgehead atoms. The second-order valence-corrected chi connectivity index (χ2v) is 8.70. The van der Waals surface area contributed by atoms with Crippen LogP contribution in [0.4, 0.5) is 18.9 Å². The Morgan fingerprint density at radius 1 is 0.821 bits per heavy atom. The van der Waals surface area contributed by atoms with E-state index in [1.54, 1.807) is 24.3 Å². The van der Waals surface area contributed by atoms with Crippen LogP contribution in [0.2, 0.25) is 0 Å². The summed E-state index contributed by atoms with van der Waals surface area (Å²) in [6, 6.07) is 30.7. The van der Waals surface area contributed by atoms with Crippen molar-refractivity contribution in [3.05, 3.63) is 126 Å². The summed E-state index contributed by atoms with van der Waals surface area (Å²) in [5, 5.41) is 7.30. The third-order valence-corrected chi connectivity index (χ3v) is 6.15. The maximum absolute atomic E-state index is 13.4. The number of hydrogen-bond donors (Lipinski definition) is 1. The van der Waals surface area contributed by atoms with Crippen LogP contribution in [0.1, 0.15) is 22.6 Å². The number of ether oxygens (including phenoxy) is 1. The molecule has 4 aromatic carbocycles. The highest BCUT2D eigenvalue weighted by atomic mass is 19.4. The average Bonchev–Trinajstić information content (AvgIpc) is 3.39. The fourth-order valence-electron chi connectivity index (χ4n) is 4.24. The second kappa shape index (κ2) is 10.8. The van der Waals surface area contributed by atoms with E-state index in [0.29, 0.717) is 22.8 Å². The summed E-state index contributed by atoms with van der Waals surface area (Å²) in [6.45, 7) is 0. The number of benzene rings is 4. The van der Waals surface area contributed by atoms with Gasteiger partial charge in [0.2, 0.25) is 5.91 Å². The van der Waals surface area contributed by atoms with Crippen molar-refractivity contribution in [3.8, 4) is 23.1 Å². The highest BCUT2D eigenvalue weighted by molar-refractivity contribution is 5.98. The normalized spacial score (nSPS) is 11.4. The van der Waals surface area contributed by atoms with Gasteiger partial charge < -0.3 is 10.1 Å². The monoisotopic (exact) mass is 528 g/mol. The number of halogens is 3. The van der Waals surface area contributed by atoms with Crippen LogP contribution >= 0.6 is 0 Å². The zero-order valence-corrected chi connectivity index (χ0v) is 20.8. The van der Waals surface area contributed by atoms with E-state index in [9.17, 15) is 18.0 Å². The summed E-state index contributed by atoms with van der Waals surface area (Å²) >= 11 is 0. The van der Waals surface area contributed by atoms with Crippen LogP contribution in [-0.2, 0) is 11.0 Å². The molecule has 0 aliphatic heterocycles. The highest BCUT2D eigenvalue weighted by Crippen LogP contribution is 2.32. The number of carbonyl (C=O) groups excluding carboxylic acids is 1. The van der Waals surface area contributed by atoms with Gasteiger partial charge in [-0.1, -0.05) is 72.8 Å². The molecule has 6 nitrogen and oxygen atoms in total. The first-order valence-electron chi connectivity index (χ1n) is 12.0. The van der Waals surface area contributed by atoms with Crippen molar-refractivity contribution in [2.24, 2.45) is 0 Å². The smallest absolute Gasteiger partial charge is 0.416 e. The number of anilines is 1. The Balaban J connectivity index is 1.41. The van der Waals surface area contributed by atoms with Gasteiger partial charge in [0.15, 0.2) is 5.82 Å². The number of amides is 1. The number of alkyl halides is 3. The molecule has 1 N–H and O–H groups in total. The summed E-state index contributed by atoms with van der Waals surface area (Å²) in [4.78, 5) is 17.7. The number of aromatic nitrogens is 3. The van der Waals surface area contributed by atoms with Gasteiger partial charge in [0.1, 0.15) is 0 Å². The minimum atomic E-state index is -4.44. The van der Waals surface area contributed by atoms with Crippen LogP contribution in [-0.4, -0.2) is 27.8 Å². The number of carbonyl (C=O) groups is 1. The highest BCUT2D eigenvalue weighted by Gasteiger charge is 2.30. The van der Waals surface area contributed by atoms with E-state index in [1.807, 2.05) is 60.7 Å². The van der Waals surface area contributed by atoms with E-state index in [2.05, 4.69) is 15.4 Å². The number of rotatable bonds is 7. The molecule has 1 aromatic heterocycles. The van der Waals surface area contributed by atoms with Crippen molar-refractivity contribution in [1.29, 1.82) is 0 Å². The molecule has 0 atom stereocenters. The number of nitrogens with one attached hydrogen (secondary N) is 1. The van der Waals surface area contributed by atoms with Crippen molar-refractivity contribution in [3.63, 3.8) is 0 Å². The fraction of sp³-hybridized carbons (Fsp3) is 0.100. The number of hydrogen-bond acceptors (Lipinski definition) is 4. The summed E-state index contributed by atoms with van der Waals surface area (Å²) in [6.07, 6.45) is -4.44. The van der Waals surface area contributed by atoms with Crippen molar-refractivity contribution >= 4 is 11.6 Å². The molecular formula is C30H23F3N4O2. The second-order valence-electron chi connectivity index (χ2n) is 8.70. The van der Waals surface area contributed by atoms with Crippen LogP contribution in [0.25, 0.3) is 17.1 Å². The van der Waals surface area contributed by atoms with Gasteiger partial charge in [0, 0.05) is 11.3 Å². The van der Waals surface area contributed by atoms with E-state index < -0.39 is 17.7 Å². The third-order valence-electron chi connectivity index (χ3n) is 6.15. The zero-order valence-electron chi connectivity index (χ0n) is 20.8. The molecule has 5 rings (SSSR count). The lowest BCUT2D eigenvalue weighted by molar-refractivity contribution is -0.137. The molecule has 0 radical (unpaired) electrons. The van der Waals surface area contributed by atoms with Gasteiger partial charge >= 0.3 is 12.2 Å². The van der Waals surface area contributed by atoms with Crippen molar-refractivity contribution in [2.75, 3.05) is 12.4 Å². The van der Waals surface area contributed by atoms with Crippen molar-refractivity contribution in [2.45, 2.75) is 12.1 Å². The maximum atomic E-state index is 13.4. The number of nitrogens with zero attached hydrogens (tertiary/aromatic N) is 3. The Morgan fingerprint density at radius 2 is 1.38 bits per heavy atom. The van der Waals surface area contributed by atoms with E-state index >= 15 is 0 Å². The van der Waals surface area contributed by atoms with Crippen LogP contribution in [0.15, 0.2) is 109 Å². The summed E-state index contributed by atoms with van der Waals surface area (Å²) in [5.74, 6) is -0.378. The predicted molar refractivity (Wildman–Crippen MR) is 142 cm³/mol. The minimum Gasteiger partial charge on any atom is -0.466 e. The fourth-order valence-corrected chi connectivity index (χ4v) is 4.24. The van der Waals surface area contributed by atoms with Crippen LogP contribution < -0.4 is 10.1 Å². The van der Waals surface area contributed by atoms with Crippen molar-refractivity contribution in [1.82, 2.24) is 14.8 Å². The van der Waals surface area contributed by atoms with Crippen LogP contribution in [0.5, 0.6) is 6.01 Å². The van der Waals surface area contributed by atoms with Gasteiger partial charge in [-0.3, -0.25) is 4.79 Å². The molecule has 0 fully saturated rings. The van der Waals surface area contributed by atoms with E-state index in [-0.39, 0.29) is 11.9 Å². The predicted octanol–water partition coefficient (Wildman–Crippen LogP) is 6.73. The third kappa shape index (κ3) is 5.67. The molecule has 1 heterocycles. The molecule has 0 aliphatic carbocycles. The van der Waals surface area contributed by atoms with E-state index in [0.717, 1.165) is 23.3 Å². The van der Waals surface area contributed by atoms with Gasteiger partial charge in [-0.05, 0) is 47.5 Å². The van der Waals surface area contributed by atoms with Crippen molar-refractivity contribution < 1.29 is 22.7 Å². The number of methoxy groups -OCH3 is 1. The Hall–Kier alpha value is -4.92. The molecule has 39 heavy (non-hydrogen) atoms. The molecule has 196 valence electrons. The van der Waals surface area contributed by atoms with E-state index in [1.165, 1.54) is 23.9 Å². The first kappa shape index (κ1) is 25.7. The molecule has 0 aliphatic rings. The molecule has 9 heteroatoms. The Labute approximate surface area is 222 Å². The Morgan fingerprint density at radius 3 is 1.90 bits per heavy atom. The molecule has 1 amide bonds. The van der Waals surface area contributed by atoms with Gasteiger partial charge in [-0.15, -0.1) is 5.10 Å². The van der Waals surface area contributed by atoms with Crippen LogP contribution in [0.3, 0.4) is 0 Å². The Bertz CT molecular complexity index is 1510. The minimum absolute atomic E-state index is 0.0656.